The number of nitrogens with one attached hydrogen (secondary N) is 1. The van der Waals surface area contributed by atoms with Gasteiger partial charge in [0.25, 0.3) is 5.91 Å². The molecule has 166 valence electrons. The van der Waals surface area contributed by atoms with Crippen LogP contribution in [-0.4, -0.2) is 27.9 Å². The van der Waals surface area contributed by atoms with Crippen LogP contribution in [0.5, 0.6) is 5.75 Å². The Kier molecular flexibility index (Phi) is 6.17. The number of nitrogens with zero attached hydrogens (tertiary/aromatic N) is 1. The molecule has 0 saturated carbocycles. The van der Waals surface area contributed by atoms with Gasteiger partial charge < -0.3 is 15.2 Å². The van der Waals surface area contributed by atoms with E-state index in [0.29, 0.717) is 16.9 Å². The maximum atomic E-state index is 13.1. The molecule has 0 unspecified atom stereocenters. The van der Waals surface area contributed by atoms with Gasteiger partial charge in [-0.3, -0.25) is 9.69 Å². The minimum atomic E-state index is -1.00. The first-order valence-corrected chi connectivity index (χ1v) is 10.0. The van der Waals surface area contributed by atoms with Crippen molar-refractivity contribution in [1.82, 2.24) is 10.2 Å². The number of carboxylic acids is 1. The molecular formula is C25H19FN2O5. The van der Waals surface area contributed by atoms with Gasteiger partial charge in [-0.1, -0.05) is 36.4 Å². The molecule has 0 aliphatic carbocycles. The van der Waals surface area contributed by atoms with Crippen LogP contribution in [0.1, 0.15) is 27.0 Å². The highest BCUT2D eigenvalue weighted by Gasteiger charge is 2.33. The zero-order chi connectivity index (χ0) is 23.4. The fraction of sp³-hybridized carbons (Fsp3) is 0.0800. The smallest absolute Gasteiger partial charge is 0.335 e. The molecule has 2 N–H and O–H groups in total. The van der Waals surface area contributed by atoms with E-state index in [0.717, 1.165) is 10.5 Å². The Morgan fingerprint density at radius 3 is 2.42 bits per heavy atom. The van der Waals surface area contributed by atoms with E-state index in [4.69, 9.17) is 9.84 Å². The van der Waals surface area contributed by atoms with E-state index < -0.39 is 23.7 Å². The molecule has 1 heterocycles. The van der Waals surface area contributed by atoms with Gasteiger partial charge in [0.1, 0.15) is 23.9 Å². The molecule has 7 nitrogen and oxygen atoms in total. The largest absolute Gasteiger partial charge is 0.489 e. The molecule has 1 fully saturated rings. The number of hydrogen-bond acceptors (Lipinski definition) is 4. The molecular weight excluding hydrogens is 427 g/mol. The number of imide groups is 1. The van der Waals surface area contributed by atoms with Crippen LogP contribution < -0.4 is 10.1 Å². The zero-order valence-corrected chi connectivity index (χ0v) is 17.3. The van der Waals surface area contributed by atoms with Crippen molar-refractivity contribution >= 4 is 24.0 Å². The van der Waals surface area contributed by atoms with E-state index in [-0.39, 0.29) is 24.4 Å². The van der Waals surface area contributed by atoms with Gasteiger partial charge in [0.2, 0.25) is 0 Å². The van der Waals surface area contributed by atoms with Crippen LogP contribution in [-0.2, 0) is 17.9 Å². The number of halogens is 1. The first-order chi connectivity index (χ1) is 15.9. The van der Waals surface area contributed by atoms with Gasteiger partial charge >= 0.3 is 12.0 Å². The summed E-state index contributed by atoms with van der Waals surface area (Å²) in [5, 5.41) is 11.6. The van der Waals surface area contributed by atoms with Gasteiger partial charge in [0, 0.05) is 0 Å². The third-order valence-corrected chi connectivity index (χ3v) is 4.99. The minimum absolute atomic E-state index is 0.0398. The molecule has 3 amide bonds. The number of ether oxygens (including phenoxy) is 1. The number of urea groups is 1. The highest BCUT2D eigenvalue weighted by atomic mass is 19.1. The summed E-state index contributed by atoms with van der Waals surface area (Å²) in [4.78, 5) is 37.0. The van der Waals surface area contributed by atoms with Crippen molar-refractivity contribution in [3.05, 3.63) is 107 Å². The predicted molar refractivity (Wildman–Crippen MR) is 118 cm³/mol. The van der Waals surface area contributed by atoms with Crippen LogP contribution >= 0.6 is 0 Å². The molecule has 0 spiro atoms. The maximum Gasteiger partial charge on any atom is 0.335 e. The Labute approximate surface area is 188 Å². The van der Waals surface area contributed by atoms with Crippen LogP contribution in [0.2, 0.25) is 0 Å². The summed E-state index contributed by atoms with van der Waals surface area (Å²) in [6.07, 6.45) is 1.56. The van der Waals surface area contributed by atoms with Gasteiger partial charge in [-0.15, -0.1) is 0 Å². The number of benzene rings is 3. The standard InChI is InChI=1S/C25H19FN2O5/c26-20-8-4-17(5-9-20)14-28-23(29)22(27-25(28)32)13-16-6-10-21(11-7-16)33-15-18-2-1-3-19(12-18)24(30)31/h1-13H,14-15H2,(H,27,32)(H,30,31)/b22-13+. The number of carboxylic acid groups (broad SMARTS) is 1. The molecule has 4 rings (SSSR count). The molecule has 1 saturated heterocycles. The molecule has 1 aliphatic heterocycles. The van der Waals surface area contributed by atoms with Gasteiger partial charge in [-0.2, -0.15) is 0 Å². The Balaban J connectivity index is 1.39. The summed E-state index contributed by atoms with van der Waals surface area (Å²) >= 11 is 0. The first-order valence-electron chi connectivity index (χ1n) is 10.0. The van der Waals surface area contributed by atoms with Crippen LogP contribution in [0.25, 0.3) is 6.08 Å². The fourth-order valence-electron chi connectivity index (χ4n) is 3.28. The van der Waals surface area contributed by atoms with Crippen molar-refractivity contribution in [3.8, 4) is 5.75 Å². The van der Waals surface area contributed by atoms with Crippen molar-refractivity contribution < 1.29 is 28.6 Å². The average molecular weight is 446 g/mol. The minimum Gasteiger partial charge on any atom is -0.489 e. The van der Waals surface area contributed by atoms with Gasteiger partial charge in [-0.25, -0.2) is 14.0 Å². The SMILES string of the molecule is O=C(O)c1cccc(COc2ccc(/C=C3/NC(=O)N(Cc4ccc(F)cc4)C3=O)cc2)c1. The summed E-state index contributed by atoms with van der Waals surface area (Å²) in [5.74, 6) is -1.29. The van der Waals surface area contributed by atoms with Crippen LogP contribution in [0.3, 0.4) is 0 Å². The summed E-state index contributed by atoms with van der Waals surface area (Å²) < 4.78 is 18.8. The van der Waals surface area contributed by atoms with Crippen molar-refractivity contribution in [2.24, 2.45) is 0 Å². The number of carbonyl (C=O) groups excluding carboxylic acids is 2. The second-order valence-corrected chi connectivity index (χ2v) is 7.37. The van der Waals surface area contributed by atoms with E-state index in [1.165, 1.54) is 30.3 Å². The Morgan fingerprint density at radius 1 is 1.00 bits per heavy atom. The van der Waals surface area contributed by atoms with Crippen molar-refractivity contribution in [2.75, 3.05) is 0 Å². The summed E-state index contributed by atoms with van der Waals surface area (Å²) in [6.45, 7) is 0.243. The average Bonchev–Trinajstić information content (AvgIpc) is 3.07. The summed E-state index contributed by atoms with van der Waals surface area (Å²) in [5.41, 5.74) is 2.37. The molecule has 0 aromatic heterocycles. The van der Waals surface area contributed by atoms with E-state index >= 15 is 0 Å². The summed E-state index contributed by atoms with van der Waals surface area (Å²) in [6, 6.07) is 18.4. The number of amides is 3. The molecule has 3 aromatic carbocycles. The molecule has 3 aromatic rings. The second-order valence-electron chi connectivity index (χ2n) is 7.37. The Hall–Kier alpha value is -4.46. The van der Waals surface area contributed by atoms with E-state index in [1.807, 2.05) is 0 Å². The lowest BCUT2D eigenvalue weighted by Gasteiger charge is -2.11. The quantitative estimate of drug-likeness (QED) is 0.419. The maximum absolute atomic E-state index is 13.1. The van der Waals surface area contributed by atoms with Crippen molar-refractivity contribution in [2.45, 2.75) is 13.2 Å². The lowest BCUT2D eigenvalue weighted by atomic mass is 10.1. The van der Waals surface area contributed by atoms with E-state index in [2.05, 4.69) is 5.32 Å². The highest BCUT2D eigenvalue weighted by molar-refractivity contribution is 6.13. The Morgan fingerprint density at radius 2 is 1.73 bits per heavy atom. The monoisotopic (exact) mass is 446 g/mol. The normalized spacial score (nSPS) is 14.5. The van der Waals surface area contributed by atoms with E-state index in [1.54, 1.807) is 48.5 Å². The molecule has 33 heavy (non-hydrogen) atoms. The molecule has 0 bridgehead atoms. The van der Waals surface area contributed by atoms with E-state index in [9.17, 15) is 18.8 Å². The number of aromatic carboxylic acids is 1. The molecule has 0 radical (unpaired) electrons. The van der Waals surface area contributed by atoms with Gasteiger partial charge in [-0.05, 0) is 59.2 Å². The lowest BCUT2D eigenvalue weighted by molar-refractivity contribution is -0.123. The van der Waals surface area contributed by atoms with Gasteiger partial charge in [0.05, 0.1) is 12.1 Å². The van der Waals surface area contributed by atoms with Crippen LogP contribution in [0.4, 0.5) is 9.18 Å². The third-order valence-electron chi connectivity index (χ3n) is 4.99. The third kappa shape index (κ3) is 5.24. The summed E-state index contributed by atoms with van der Waals surface area (Å²) in [7, 11) is 0. The topological polar surface area (TPSA) is 95.9 Å². The Bertz CT molecular complexity index is 1240. The van der Waals surface area contributed by atoms with Crippen molar-refractivity contribution in [1.29, 1.82) is 0 Å². The predicted octanol–water partition coefficient (Wildman–Crippen LogP) is 4.20. The zero-order valence-electron chi connectivity index (χ0n) is 17.3. The highest BCUT2D eigenvalue weighted by Crippen LogP contribution is 2.20. The van der Waals surface area contributed by atoms with Gasteiger partial charge in [0.15, 0.2) is 0 Å². The van der Waals surface area contributed by atoms with Crippen LogP contribution in [0, 0.1) is 5.82 Å². The molecule has 8 heteroatoms. The van der Waals surface area contributed by atoms with Crippen LogP contribution in [0.15, 0.2) is 78.5 Å². The molecule has 0 atom stereocenters. The number of rotatable bonds is 7. The first kappa shape index (κ1) is 21.8. The van der Waals surface area contributed by atoms with Crippen molar-refractivity contribution in [3.63, 3.8) is 0 Å². The lowest BCUT2D eigenvalue weighted by Crippen LogP contribution is -2.30. The second kappa shape index (κ2) is 9.35. The fourth-order valence-corrected chi connectivity index (χ4v) is 3.28. The number of hydrogen-bond donors (Lipinski definition) is 2. The molecule has 1 aliphatic rings. The number of carbonyl (C=O) groups is 3.